The van der Waals surface area contributed by atoms with Gasteiger partial charge in [0.15, 0.2) is 6.79 Å². The molecule has 2 aromatic rings. The van der Waals surface area contributed by atoms with Gasteiger partial charge in [-0.3, -0.25) is 4.90 Å². The Morgan fingerprint density at radius 3 is 2.20 bits per heavy atom. The van der Waals surface area contributed by atoms with Crippen molar-refractivity contribution in [1.82, 2.24) is 4.90 Å². The van der Waals surface area contributed by atoms with Gasteiger partial charge in [-0.05, 0) is 82.3 Å². The van der Waals surface area contributed by atoms with E-state index in [-0.39, 0.29) is 11.9 Å². The van der Waals surface area contributed by atoms with Crippen LogP contribution in [0.25, 0.3) is 0 Å². The van der Waals surface area contributed by atoms with Gasteiger partial charge >= 0.3 is 0 Å². The maximum atomic E-state index is 6.34. The van der Waals surface area contributed by atoms with Crippen molar-refractivity contribution in [3.63, 3.8) is 0 Å². The molecule has 0 aliphatic carbocycles. The fourth-order valence-electron chi connectivity index (χ4n) is 4.90. The molecule has 35 heavy (non-hydrogen) atoms. The molecule has 0 aliphatic rings. The third kappa shape index (κ3) is 7.31. The van der Waals surface area contributed by atoms with E-state index in [9.17, 15) is 0 Å². The highest BCUT2D eigenvalue weighted by atomic mass is 31.1. The third-order valence-corrected chi connectivity index (χ3v) is 9.61. The van der Waals surface area contributed by atoms with Crippen LogP contribution in [0.1, 0.15) is 102 Å². The summed E-state index contributed by atoms with van der Waals surface area (Å²) in [4.78, 5) is 2.59. The molecule has 2 rings (SSSR count). The minimum absolute atomic E-state index is 0.0291. The second-order valence-corrected chi connectivity index (χ2v) is 12.7. The van der Waals surface area contributed by atoms with Gasteiger partial charge in [0.1, 0.15) is 5.75 Å². The molecule has 0 bridgehead atoms. The normalized spacial score (nSPS) is 14.9. The van der Waals surface area contributed by atoms with Gasteiger partial charge in [-0.1, -0.05) is 72.2 Å². The standard InChI is InChI=1S/C31H50NO2P/c1-12-24(8)27-17-23(7)18-28(29(27)34-20-33-11)31(10,13-2)35-30-25(9)15-14-16-26(30)19-32(21(3)4)22(5)6/h14-18,21-22,24,35H,12-13,19-20H2,1-11H3. The summed E-state index contributed by atoms with van der Waals surface area (Å²) in [7, 11) is 2.35. The Hall–Kier alpha value is -1.41. The molecule has 0 radical (unpaired) electrons. The number of methoxy groups -OCH3 is 1. The quantitative estimate of drug-likeness (QED) is 0.206. The number of nitrogens with zero attached hydrogens (tertiary/aromatic N) is 1. The molecule has 3 atom stereocenters. The Bertz CT molecular complexity index is 947. The van der Waals surface area contributed by atoms with Gasteiger partial charge in [-0.25, -0.2) is 0 Å². The molecule has 0 aliphatic heterocycles. The molecular weight excluding hydrogens is 449 g/mol. The monoisotopic (exact) mass is 499 g/mol. The van der Waals surface area contributed by atoms with E-state index < -0.39 is 0 Å². The predicted molar refractivity (Wildman–Crippen MR) is 155 cm³/mol. The molecule has 4 heteroatoms. The zero-order valence-corrected chi connectivity index (χ0v) is 25.2. The molecule has 0 amide bonds. The Morgan fingerprint density at radius 1 is 1.00 bits per heavy atom. The third-order valence-electron chi connectivity index (χ3n) is 7.47. The van der Waals surface area contributed by atoms with Crippen molar-refractivity contribution in [3.8, 4) is 5.75 Å². The van der Waals surface area contributed by atoms with Gasteiger partial charge < -0.3 is 9.47 Å². The Balaban J connectivity index is 2.64. The maximum absolute atomic E-state index is 6.34. The number of aryl methyl sites for hydroxylation is 2. The van der Waals surface area contributed by atoms with E-state index in [4.69, 9.17) is 9.47 Å². The van der Waals surface area contributed by atoms with Crippen molar-refractivity contribution in [2.75, 3.05) is 13.9 Å². The highest BCUT2D eigenvalue weighted by Gasteiger charge is 2.32. The smallest absolute Gasteiger partial charge is 0.188 e. The summed E-state index contributed by atoms with van der Waals surface area (Å²) >= 11 is 0. The molecule has 0 aromatic heterocycles. The van der Waals surface area contributed by atoms with Crippen LogP contribution < -0.4 is 10.0 Å². The van der Waals surface area contributed by atoms with Gasteiger partial charge in [0.05, 0.1) is 0 Å². The number of benzene rings is 2. The first-order valence-corrected chi connectivity index (χ1v) is 14.4. The van der Waals surface area contributed by atoms with Crippen molar-refractivity contribution in [2.24, 2.45) is 0 Å². The summed E-state index contributed by atoms with van der Waals surface area (Å²) in [5.41, 5.74) is 6.78. The van der Waals surface area contributed by atoms with Crippen LogP contribution in [0.2, 0.25) is 0 Å². The molecule has 196 valence electrons. The number of ether oxygens (including phenoxy) is 2. The fourth-order valence-corrected chi connectivity index (χ4v) is 6.55. The van der Waals surface area contributed by atoms with Gasteiger partial charge in [-0.2, -0.15) is 0 Å². The van der Waals surface area contributed by atoms with Crippen LogP contribution in [0, 0.1) is 13.8 Å². The Labute approximate surface area is 217 Å². The van der Waals surface area contributed by atoms with Crippen LogP contribution >= 0.6 is 8.58 Å². The topological polar surface area (TPSA) is 21.7 Å². The zero-order valence-electron chi connectivity index (χ0n) is 24.2. The molecule has 3 nitrogen and oxygen atoms in total. The molecule has 0 spiro atoms. The summed E-state index contributed by atoms with van der Waals surface area (Å²) in [5, 5.41) is 1.48. The van der Waals surface area contributed by atoms with Crippen molar-refractivity contribution in [3.05, 3.63) is 58.1 Å². The minimum atomic E-state index is -0.0291. The predicted octanol–water partition coefficient (Wildman–Crippen LogP) is 8.05. The first-order valence-electron chi connectivity index (χ1n) is 13.4. The van der Waals surface area contributed by atoms with Gasteiger partial charge in [-0.15, -0.1) is 0 Å². The largest absolute Gasteiger partial charge is 0.467 e. The zero-order chi connectivity index (χ0) is 26.3. The van der Waals surface area contributed by atoms with E-state index in [0.29, 0.717) is 26.6 Å². The van der Waals surface area contributed by atoms with Crippen molar-refractivity contribution >= 4 is 13.9 Å². The number of hydrogen-bond acceptors (Lipinski definition) is 3. The summed E-state index contributed by atoms with van der Waals surface area (Å²) in [6.45, 7) is 24.3. The average molecular weight is 500 g/mol. The lowest BCUT2D eigenvalue weighted by Gasteiger charge is -2.36. The summed E-state index contributed by atoms with van der Waals surface area (Å²) in [6, 6.07) is 12.5. The van der Waals surface area contributed by atoms with Gasteiger partial charge in [0.25, 0.3) is 0 Å². The average Bonchev–Trinajstić information content (AvgIpc) is 2.81. The SMILES string of the molecule is CCC(C)c1cc(C)cc(C(C)(CC)Pc2c(C)cccc2CN(C(C)C)C(C)C)c1OCOC. The lowest BCUT2D eigenvalue weighted by atomic mass is 9.88. The van der Waals surface area contributed by atoms with E-state index in [2.05, 4.69) is 104 Å². The molecule has 0 saturated carbocycles. The molecule has 0 heterocycles. The Morgan fingerprint density at radius 2 is 1.66 bits per heavy atom. The van der Waals surface area contributed by atoms with Crippen LogP contribution in [-0.4, -0.2) is 30.9 Å². The minimum Gasteiger partial charge on any atom is -0.467 e. The molecule has 3 unspecified atom stereocenters. The van der Waals surface area contributed by atoms with E-state index in [1.54, 1.807) is 7.11 Å². The second-order valence-electron chi connectivity index (χ2n) is 10.9. The highest BCUT2D eigenvalue weighted by Crippen LogP contribution is 2.50. The molecule has 2 aromatic carbocycles. The van der Waals surface area contributed by atoms with Crippen LogP contribution in [-0.2, 0) is 16.4 Å². The van der Waals surface area contributed by atoms with E-state index in [1.165, 1.54) is 33.1 Å². The van der Waals surface area contributed by atoms with Crippen LogP contribution in [0.4, 0.5) is 0 Å². The lowest BCUT2D eigenvalue weighted by Crippen LogP contribution is -2.37. The Kier molecular flexibility index (Phi) is 11.3. The van der Waals surface area contributed by atoms with Crippen molar-refractivity contribution in [1.29, 1.82) is 0 Å². The molecule has 0 N–H and O–H groups in total. The molecule has 0 fully saturated rings. The number of hydrogen-bond donors (Lipinski definition) is 0. The first-order chi connectivity index (χ1) is 16.5. The van der Waals surface area contributed by atoms with Gasteiger partial charge in [0.2, 0.25) is 0 Å². The lowest BCUT2D eigenvalue weighted by molar-refractivity contribution is 0.0491. The maximum Gasteiger partial charge on any atom is 0.188 e. The van der Waals surface area contributed by atoms with Crippen molar-refractivity contribution < 1.29 is 9.47 Å². The molecular formula is C31H50NO2P. The second kappa shape index (κ2) is 13.2. The van der Waals surface area contributed by atoms with Crippen LogP contribution in [0.3, 0.4) is 0 Å². The van der Waals surface area contributed by atoms with Gasteiger partial charge in [0, 0.05) is 36.5 Å². The first kappa shape index (κ1) is 29.8. The molecule has 0 saturated heterocycles. The summed E-state index contributed by atoms with van der Waals surface area (Å²) < 4.78 is 11.7. The fraction of sp³-hybridized carbons (Fsp3) is 0.613. The van der Waals surface area contributed by atoms with Crippen LogP contribution in [0.15, 0.2) is 30.3 Å². The summed E-state index contributed by atoms with van der Waals surface area (Å²) in [5.74, 6) is 1.47. The van der Waals surface area contributed by atoms with Crippen LogP contribution in [0.5, 0.6) is 5.75 Å². The summed E-state index contributed by atoms with van der Waals surface area (Å²) in [6.07, 6.45) is 2.13. The number of rotatable bonds is 13. The highest BCUT2D eigenvalue weighted by molar-refractivity contribution is 7.48. The van der Waals surface area contributed by atoms with E-state index >= 15 is 0 Å². The van der Waals surface area contributed by atoms with E-state index in [1.807, 2.05) is 0 Å². The van der Waals surface area contributed by atoms with E-state index in [0.717, 1.165) is 25.1 Å². The van der Waals surface area contributed by atoms with Crippen molar-refractivity contribution in [2.45, 2.75) is 112 Å².